The van der Waals surface area contributed by atoms with Gasteiger partial charge in [0.25, 0.3) is 0 Å². The summed E-state index contributed by atoms with van der Waals surface area (Å²) in [5.41, 5.74) is 1.08. The van der Waals surface area contributed by atoms with Crippen molar-refractivity contribution in [3.05, 3.63) is 34.6 Å². The van der Waals surface area contributed by atoms with E-state index in [4.69, 9.17) is 11.6 Å². The van der Waals surface area contributed by atoms with Crippen LogP contribution in [-0.4, -0.2) is 31.1 Å². The van der Waals surface area contributed by atoms with Gasteiger partial charge in [-0.2, -0.15) is 0 Å². The summed E-state index contributed by atoms with van der Waals surface area (Å²) in [6.45, 7) is 2.12. The van der Waals surface area contributed by atoms with Crippen molar-refractivity contribution < 1.29 is 4.39 Å². The molecule has 0 radical (unpaired) electrons. The van der Waals surface area contributed by atoms with E-state index < -0.39 is 0 Å². The Bertz CT molecular complexity index is 474. The molecule has 1 saturated carbocycles. The van der Waals surface area contributed by atoms with Gasteiger partial charge in [0.05, 0.1) is 5.02 Å². The van der Waals surface area contributed by atoms with Crippen LogP contribution in [0.25, 0.3) is 0 Å². The average Bonchev–Trinajstić information content (AvgIpc) is 3.27. The topological polar surface area (TPSA) is 15.3 Å². The van der Waals surface area contributed by atoms with Gasteiger partial charge >= 0.3 is 0 Å². The predicted octanol–water partition coefficient (Wildman–Crippen LogP) is 3.61. The molecular formula is C16H22ClFN2. The van der Waals surface area contributed by atoms with Gasteiger partial charge in [-0.15, -0.1) is 0 Å². The number of halogens is 2. The zero-order valence-electron chi connectivity index (χ0n) is 11.9. The van der Waals surface area contributed by atoms with Crippen LogP contribution in [0.2, 0.25) is 5.02 Å². The maximum Gasteiger partial charge on any atom is 0.142 e. The summed E-state index contributed by atoms with van der Waals surface area (Å²) in [6.07, 6.45) is 5.03. The van der Waals surface area contributed by atoms with Gasteiger partial charge in [-0.25, -0.2) is 4.39 Å². The minimum absolute atomic E-state index is 0.215. The van der Waals surface area contributed by atoms with Crippen molar-refractivity contribution in [2.75, 3.05) is 20.1 Å². The minimum atomic E-state index is -0.298. The van der Waals surface area contributed by atoms with E-state index in [1.165, 1.54) is 25.7 Å². The standard InChI is InChI=1S/C16H22ClFN2/c1-19-10-12-3-2-8-20(13-5-6-13)16(12)11-4-7-14(17)15(18)9-11/h4,7,9,12-13,16,19H,2-3,5-6,8,10H2,1H3. The Labute approximate surface area is 125 Å². The maximum atomic E-state index is 13.8. The Kier molecular flexibility index (Phi) is 4.29. The summed E-state index contributed by atoms with van der Waals surface area (Å²) in [5, 5.41) is 3.51. The van der Waals surface area contributed by atoms with Crippen molar-refractivity contribution in [1.82, 2.24) is 10.2 Å². The Balaban J connectivity index is 1.91. The van der Waals surface area contributed by atoms with Gasteiger partial charge in [-0.1, -0.05) is 17.7 Å². The van der Waals surface area contributed by atoms with Crippen LogP contribution < -0.4 is 5.32 Å². The lowest BCUT2D eigenvalue weighted by molar-refractivity contribution is 0.0843. The summed E-state index contributed by atoms with van der Waals surface area (Å²) < 4.78 is 13.8. The molecule has 2 nitrogen and oxygen atoms in total. The number of benzene rings is 1. The first kappa shape index (κ1) is 14.3. The number of rotatable bonds is 4. The normalized spacial score (nSPS) is 27.8. The molecule has 0 spiro atoms. The molecule has 1 saturated heterocycles. The van der Waals surface area contributed by atoms with Crippen LogP contribution in [0.3, 0.4) is 0 Å². The molecule has 1 aromatic rings. The zero-order chi connectivity index (χ0) is 14.1. The molecule has 1 aromatic carbocycles. The molecule has 2 atom stereocenters. The van der Waals surface area contributed by atoms with E-state index in [0.29, 0.717) is 18.0 Å². The fourth-order valence-corrected chi connectivity index (χ4v) is 3.67. The van der Waals surface area contributed by atoms with Crippen LogP contribution in [0, 0.1) is 11.7 Å². The third-order valence-electron chi connectivity index (χ3n) is 4.56. The number of piperidine rings is 1. The number of nitrogens with one attached hydrogen (secondary N) is 1. The third-order valence-corrected chi connectivity index (χ3v) is 4.87. The van der Waals surface area contributed by atoms with Crippen LogP contribution in [-0.2, 0) is 0 Å². The Hall–Kier alpha value is -0.640. The zero-order valence-corrected chi connectivity index (χ0v) is 12.7. The average molecular weight is 297 g/mol. The first-order valence-electron chi connectivity index (χ1n) is 7.56. The van der Waals surface area contributed by atoms with Gasteiger partial charge in [0.15, 0.2) is 0 Å². The van der Waals surface area contributed by atoms with Gasteiger partial charge in [0.1, 0.15) is 5.82 Å². The van der Waals surface area contributed by atoms with Gasteiger partial charge < -0.3 is 5.32 Å². The molecule has 1 aliphatic carbocycles. The van der Waals surface area contributed by atoms with Gasteiger partial charge in [0, 0.05) is 12.1 Å². The third kappa shape index (κ3) is 2.85. The SMILES string of the molecule is CNCC1CCCN(C2CC2)C1c1ccc(Cl)c(F)c1. The summed E-state index contributed by atoms with van der Waals surface area (Å²) in [7, 11) is 2.00. The highest BCUT2D eigenvalue weighted by Gasteiger charge is 2.40. The Morgan fingerprint density at radius 1 is 1.35 bits per heavy atom. The second-order valence-corrected chi connectivity index (χ2v) is 6.45. The van der Waals surface area contributed by atoms with Crippen LogP contribution in [0.4, 0.5) is 4.39 Å². The summed E-state index contributed by atoms with van der Waals surface area (Å²) >= 11 is 5.83. The lowest BCUT2D eigenvalue weighted by Crippen LogP contribution is -2.43. The Morgan fingerprint density at radius 3 is 2.80 bits per heavy atom. The van der Waals surface area contributed by atoms with Crippen molar-refractivity contribution in [3.8, 4) is 0 Å². The molecule has 110 valence electrons. The molecule has 0 aromatic heterocycles. The summed E-state index contributed by atoms with van der Waals surface area (Å²) in [4.78, 5) is 2.59. The van der Waals surface area contributed by atoms with Crippen LogP contribution in [0.5, 0.6) is 0 Å². The molecule has 20 heavy (non-hydrogen) atoms. The monoisotopic (exact) mass is 296 g/mol. The molecule has 1 N–H and O–H groups in total. The predicted molar refractivity (Wildman–Crippen MR) is 80.5 cm³/mol. The smallest absolute Gasteiger partial charge is 0.142 e. The van der Waals surface area contributed by atoms with E-state index in [1.807, 2.05) is 13.1 Å². The number of hydrogen-bond acceptors (Lipinski definition) is 2. The minimum Gasteiger partial charge on any atom is -0.319 e. The molecule has 2 aliphatic rings. The first-order valence-corrected chi connectivity index (χ1v) is 7.94. The van der Waals surface area contributed by atoms with Crippen molar-refractivity contribution in [3.63, 3.8) is 0 Å². The highest BCUT2D eigenvalue weighted by Crippen LogP contribution is 2.43. The second kappa shape index (κ2) is 6.00. The lowest BCUT2D eigenvalue weighted by atomic mass is 9.84. The van der Waals surface area contributed by atoms with Crippen molar-refractivity contribution in [2.45, 2.75) is 37.8 Å². The van der Waals surface area contributed by atoms with Crippen LogP contribution in [0.1, 0.15) is 37.3 Å². The Morgan fingerprint density at radius 2 is 2.15 bits per heavy atom. The highest BCUT2D eigenvalue weighted by atomic mass is 35.5. The highest BCUT2D eigenvalue weighted by molar-refractivity contribution is 6.30. The molecule has 3 rings (SSSR count). The van der Waals surface area contributed by atoms with Gasteiger partial charge in [0.2, 0.25) is 0 Å². The van der Waals surface area contributed by atoms with E-state index in [2.05, 4.69) is 10.2 Å². The molecular weight excluding hydrogens is 275 g/mol. The molecule has 4 heteroatoms. The fraction of sp³-hybridized carbons (Fsp3) is 0.625. The molecule has 2 fully saturated rings. The van der Waals surface area contributed by atoms with Crippen molar-refractivity contribution >= 4 is 11.6 Å². The first-order chi connectivity index (χ1) is 9.70. The second-order valence-electron chi connectivity index (χ2n) is 6.05. The molecule has 1 aliphatic heterocycles. The summed E-state index contributed by atoms with van der Waals surface area (Å²) in [6, 6.07) is 6.37. The lowest BCUT2D eigenvalue weighted by Gasteiger charge is -2.42. The molecule has 2 unspecified atom stereocenters. The fourth-order valence-electron chi connectivity index (χ4n) is 3.56. The number of hydrogen-bond donors (Lipinski definition) is 1. The van der Waals surface area contributed by atoms with Gasteiger partial charge in [-0.05, 0) is 69.4 Å². The van der Waals surface area contributed by atoms with E-state index in [0.717, 1.165) is 18.7 Å². The largest absolute Gasteiger partial charge is 0.319 e. The molecule has 1 heterocycles. The van der Waals surface area contributed by atoms with E-state index in [-0.39, 0.29) is 10.8 Å². The van der Waals surface area contributed by atoms with Gasteiger partial charge in [-0.3, -0.25) is 4.90 Å². The molecule has 0 bridgehead atoms. The maximum absolute atomic E-state index is 13.8. The number of likely N-dealkylation sites (tertiary alicyclic amines) is 1. The quantitative estimate of drug-likeness (QED) is 0.913. The number of nitrogens with zero attached hydrogens (tertiary/aromatic N) is 1. The van der Waals surface area contributed by atoms with E-state index in [9.17, 15) is 4.39 Å². The van der Waals surface area contributed by atoms with E-state index in [1.54, 1.807) is 12.1 Å². The van der Waals surface area contributed by atoms with E-state index >= 15 is 0 Å². The van der Waals surface area contributed by atoms with Crippen LogP contribution in [0.15, 0.2) is 18.2 Å². The molecule has 0 amide bonds. The van der Waals surface area contributed by atoms with Crippen molar-refractivity contribution in [2.24, 2.45) is 5.92 Å². The van der Waals surface area contributed by atoms with Crippen molar-refractivity contribution in [1.29, 1.82) is 0 Å². The van der Waals surface area contributed by atoms with Crippen LogP contribution >= 0.6 is 11.6 Å². The summed E-state index contributed by atoms with van der Waals surface area (Å²) in [5.74, 6) is 0.253.